The Morgan fingerprint density at radius 2 is 1.94 bits per heavy atom. The lowest BCUT2D eigenvalue weighted by atomic mass is 10.0. The maximum absolute atomic E-state index is 13.5. The van der Waals surface area contributed by atoms with Gasteiger partial charge in [-0.25, -0.2) is 22.4 Å². The van der Waals surface area contributed by atoms with E-state index < -0.39 is 41.2 Å². The molecule has 0 spiro atoms. The monoisotopic (exact) mass is 265 g/mol. The van der Waals surface area contributed by atoms with E-state index in [0.29, 0.717) is 6.07 Å². The molecule has 0 radical (unpaired) electrons. The van der Waals surface area contributed by atoms with E-state index >= 15 is 0 Å². The van der Waals surface area contributed by atoms with Crippen molar-refractivity contribution in [2.45, 2.75) is 19.1 Å². The summed E-state index contributed by atoms with van der Waals surface area (Å²) < 4.78 is 56.7. The number of hydrogen-bond acceptors (Lipinski definition) is 3. The number of rotatable bonds is 4. The van der Waals surface area contributed by atoms with Crippen molar-refractivity contribution in [2.75, 3.05) is 6.61 Å². The average Bonchev–Trinajstić information content (AvgIpc) is 2.35. The molecule has 0 saturated carbocycles. The Kier molecular flexibility index (Phi) is 4.66. The van der Waals surface area contributed by atoms with Gasteiger partial charge in [0.15, 0.2) is 17.5 Å². The van der Waals surface area contributed by atoms with Crippen LogP contribution in [0.2, 0.25) is 0 Å². The van der Waals surface area contributed by atoms with Gasteiger partial charge in [0.25, 0.3) is 0 Å². The molecule has 2 atom stereocenters. The van der Waals surface area contributed by atoms with Gasteiger partial charge in [-0.1, -0.05) is 6.07 Å². The Morgan fingerprint density at radius 1 is 1.33 bits per heavy atom. The highest BCUT2D eigenvalue weighted by atomic mass is 19.2. The van der Waals surface area contributed by atoms with Gasteiger partial charge in [-0.05, 0) is 13.0 Å². The first-order valence-corrected chi connectivity index (χ1v) is 5.09. The predicted octanol–water partition coefficient (Wildman–Crippen LogP) is 2.00. The molecule has 0 bridgehead atoms. The van der Waals surface area contributed by atoms with Gasteiger partial charge in [0.1, 0.15) is 0 Å². The number of hydrogen-bond donors (Lipinski definition) is 1. The molecule has 1 unspecified atom stereocenters. The topological polar surface area (TPSA) is 52.3 Å². The molecule has 0 aliphatic rings. The number of nitrogens with two attached hydrogens (primary N) is 1. The van der Waals surface area contributed by atoms with E-state index in [0.717, 1.165) is 6.07 Å². The van der Waals surface area contributed by atoms with Crippen LogP contribution in [0.25, 0.3) is 0 Å². The van der Waals surface area contributed by atoms with E-state index in [4.69, 9.17) is 5.73 Å². The first kappa shape index (κ1) is 14.4. The second-order valence-electron chi connectivity index (χ2n) is 3.44. The quantitative estimate of drug-likeness (QED) is 0.514. The molecule has 100 valence electrons. The summed E-state index contributed by atoms with van der Waals surface area (Å²) in [5, 5.41) is 0. The van der Waals surface area contributed by atoms with Gasteiger partial charge in [0.05, 0.1) is 12.6 Å². The minimum absolute atomic E-state index is 0.0771. The maximum atomic E-state index is 13.5. The molecule has 1 aromatic carbocycles. The van der Waals surface area contributed by atoms with Crippen molar-refractivity contribution in [1.29, 1.82) is 0 Å². The SMILES string of the molecule is CCOC(=O)C(F)[C@H](N)c1ccc(F)c(F)c1F. The molecule has 7 heteroatoms. The molecule has 1 rings (SSSR count). The summed E-state index contributed by atoms with van der Waals surface area (Å²) >= 11 is 0. The zero-order valence-electron chi connectivity index (χ0n) is 9.42. The molecule has 0 saturated heterocycles. The Morgan fingerprint density at radius 3 is 2.50 bits per heavy atom. The van der Waals surface area contributed by atoms with Gasteiger partial charge >= 0.3 is 5.97 Å². The zero-order valence-corrected chi connectivity index (χ0v) is 9.42. The number of halogens is 4. The molecule has 0 fully saturated rings. The Bertz CT molecular complexity index is 453. The van der Waals surface area contributed by atoms with Gasteiger partial charge in [-0.3, -0.25) is 0 Å². The number of ether oxygens (including phenoxy) is 1. The van der Waals surface area contributed by atoms with E-state index in [2.05, 4.69) is 4.74 Å². The zero-order chi connectivity index (χ0) is 13.9. The molecule has 2 N–H and O–H groups in total. The molecule has 0 aromatic heterocycles. The van der Waals surface area contributed by atoms with Crippen molar-refractivity contribution < 1.29 is 27.1 Å². The van der Waals surface area contributed by atoms with Gasteiger partial charge in [-0.15, -0.1) is 0 Å². The van der Waals surface area contributed by atoms with Crippen LogP contribution in [0.3, 0.4) is 0 Å². The molecular formula is C11H11F4NO2. The molecule has 0 heterocycles. The Balaban J connectivity index is 3.00. The van der Waals surface area contributed by atoms with E-state index in [-0.39, 0.29) is 6.61 Å². The lowest BCUT2D eigenvalue weighted by molar-refractivity contribution is -0.150. The summed E-state index contributed by atoms with van der Waals surface area (Å²) in [4.78, 5) is 11.1. The fourth-order valence-electron chi connectivity index (χ4n) is 1.32. The summed E-state index contributed by atoms with van der Waals surface area (Å²) in [6.07, 6.45) is -2.36. The fraction of sp³-hybridized carbons (Fsp3) is 0.364. The molecule has 3 nitrogen and oxygen atoms in total. The van der Waals surface area contributed by atoms with Gasteiger partial charge in [-0.2, -0.15) is 0 Å². The molecule has 18 heavy (non-hydrogen) atoms. The average molecular weight is 265 g/mol. The summed E-state index contributed by atoms with van der Waals surface area (Å²) in [7, 11) is 0. The summed E-state index contributed by atoms with van der Waals surface area (Å²) in [6, 6.07) is -0.380. The molecule has 0 amide bonds. The molecule has 0 aliphatic carbocycles. The van der Waals surface area contributed by atoms with Crippen LogP contribution < -0.4 is 5.73 Å². The Hall–Kier alpha value is -1.63. The highest BCUT2D eigenvalue weighted by molar-refractivity contribution is 5.75. The fourth-order valence-corrected chi connectivity index (χ4v) is 1.32. The van der Waals surface area contributed by atoms with E-state index in [1.54, 1.807) is 0 Å². The molecular weight excluding hydrogens is 254 g/mol. The second-order valence-corrected chi connectivity index (χ2v) is 3.44. The lowest BCUT2D eigenvalue weighted by Gasteiger charge is -2.16. The van der Waals surface area contributed by atoms with Crippen LogP contribution in [0.4, 0.5) is 17.6 Å². The third-order valence-corrected chi connectivity index (χ3v) is 2.25. The van der Waals surface area contributed by atoms with Crippen molar-refractivity contribution in [3.8, 4) is 0 Å². The maximum Gasteiger partial charge on any atom is 0.342 e. The lowest BCUT2D eigenvalue weighted by Crippen LogP contribution is -2.32. The molecule has 1 aromatic rings. The number of benzene rings is 1. The van der Waals surface area contributed by atoms with Crippen molar-refractivity contribution in [3.63, 3.8) is 0 Å². The third kappa shape index (κ3) is 2.79. The number of carbonyl (C=O) groups excluding carboxylic acids is 1. The van der Waals surface area contributed by atoms with Crippen LogP contribution in [0.1, 0.15) is 18.5 Å². The normalized spacial score (nSPS) is 14.1. The number of alkyl halides is 1. The highest BCUT2D eigenvalue weighted by Crippen LogP contribution is 2.24. The van der Waals surface area contributed by atoms with Crippen LogP contribution >= 0.6 is 0 Å². The summed E-state index contributed by atoms with van der Waals surface area (Å²) in [5.74, 6) is -6.09. The van der Waals surface area contributed by atoms with E-state index in [1.165, 1.54) is 6.92 Å². The van der Waals surface area contributed by atoms with E-state index in [1.807, 2.05) is 0 Å². The minimum Gasteiger partial charge on any atom is -0.464 e. The minimum atomic E-state index is -2.36. The van der Waals surface area contributed by atoms with Crippen LogP contribution in [0, 0.1) is 17.5 Å². The van der Waals surface area contributed by atoms with Crippen molar-refractivity contribution in [1.82, 2.24) is 0 Å². The number of carbonyl (C=O) groups is 1. The Labute approximate surface area is 101 Å². The van der Waals surface area contributed by atoms with Crippen molar-refractivity contribution >= 4 is 5.97 Å². The molecule has 0 aliphatic heterocycles. The first-order chi connectivity index (χ1) is 8.40. The first-order valence-electron chi connectivity index (χ1n) is 5.09. The largest absolute Gasteiger partial charge is 0.464 e. The predicted molar refractivity (Wildman–Crippen MR) is 54.8 cm³/mol. The highest BCUT2D eigenvalue weighted by Gasteiger charge is 2.31. The van der Waals surface area contributed by atoms with E-state index in [9.17, 15) is 22.4 Å². The van der Waals surface area contributed by atoms with Gasteiger partial charge < -0.3 is 10.5 Å². The summed E-state index contributed by atoms with van der Waals surface area (Å²) in [6.45, 7) is 1.38. The van der Waals surface area contributed by atoms with Crippen LogP contribution in [0.5, 0.6) is 0 Å². The summed E-state index contributed by atoms with van der Waals surface area (Å²) in [5.41, 5.74) is 4.65. The van der Waals surface area contributed by atoms with Crippen LogP contribution in [0.15, 0.2) is 12.1 Å². The second kappa shape index (κ2) is 5.81. The van der Waals surface area contributed by atoms with Crippen molar-refractivity contribution in [2.24, 2.45) is 5.73 Å². The van der Waals surface area contributed by atoms with Crippen LogP contribution in [-0.2, 0) is 9.53 Å². The standard InChI is InChI=1S/C11H11F4NO2/c1-2-18-11(17)9(15)10(16)5-3-4-6(12)8(14)7(5)13/h3-4,9-10H,2,16H2,1H3/t9?,10-/m1/s1. The number of esters is 1. The van der Waals surface area contributed by atoms with Crippen molar-refractivity contribution in [3.05, 3.63) is 35.1 Å². The third-order valence-electron chi connectivity index (χ3n) is 2.25. The smallest absolute Gasteiger partial charge is 0.342 e. The van der Waals surface area contributed by atoms with Gasteiger partial charge in [0.2, 0.25) is 6.17 Å². The van der Waals surface area contributed by atoms with Gasteiger partial charge in [0, 0.05) is 5.56 Å². The van der Waals surface area contributed by atoms with Crippen LogP contribution in [-0.4, -0.2) is 18.7 Å².